The largest absolute Gasteiger partial charge is 0.358 e. The van der Waals surface area contributed by atoms with E-state index in [1.165, 1.54) is 21.9 Å². The summed E-state index contributed by atoms with van der Waals surface area (Å²) in [5.41, 5.74) is 5.21. The molecule has 1 aliphatic heterocycles. The van der Waals surface area contributed by atoms with Crippen molar-refractivity contribution in [3.8, 4) is 0 Å². The molecule has 0 fully saturated rings. The Balaban J connectivity index is 2.05. The van der Waals surface area contributed by atoms with Crippen molar-refractivity contribution in [2.45, 2.75) is 6.42 Å². The van der Waals surface area contributed by atoms with Crippen LogP contribution in [0, 0.1) is 0 Å². The van der Waals surface area contributed by atoms with Crippen LogP contribution in [-0.2, 0) is 6.42 Å². The van der Waals surface area contributed by atoms with E-state index < -0.39 is 0 Å². The van der Waals surface area contributed by atoms with Crippen molar-refractivity contribution >= 4 is 11.8 Å². The number of fused-ring (bicyclic) bond motifs is 4. The third kappa shape index (κ3) is 1.32. The van der Waals surface area contributed by atoms with Gasteiger partial charge >= 0.3 is 0 Å². The molecule has 0 atom stereocenters. The van der Waals surface area contributed by atoms with E-state index in [-0.39, 0.29) is 0 Å². The Kier molecular flexibility index (Phi) is 1.92. The zero-order valence-electron chi connectivity index (χ0n) is 9.85. The molecule has 0 saturated carbocycles. The summed E-state index contributed by atoms with van der Waals surface area (Å²) >= 11 is 0. The Morgan fingerprint density at radius 1 is 1.06 bits per heavy atom. The molecule has 1 heterocycles. The molecule has 2 aromatic carbocycles. The predicted molar refractivity (Wildman–Crippen MR) is 72.8 cm³/mol. The van der Waals surface area contributed by atoms with Gasteiger partial charge in [0.15, 0.2) is 0 Å². The molecular weight excluding hydrogens is 220 g/mol. The summed E-state index contributed by atoms with van der Waals surface area (Å²) in [5.74, 6) is 0. The van der Waals surface area contributed by atoms with E-state index in [1.807, 2.05) is 6.20 Å². The molecule has 0 saturated heterocycles. The molecule has 1 aliphatic carbocycles. The van der Waals surface area contributed by atoms with Crippen LogP contribution in [-0.4, -0.2) is 0 Å². The third-order valence-electron chi connectivity index (χ3n) is 3.58. The van der Waals surface area contributed by atoms with Gasteiger partial charge in [-0.15, -0.1) is 0 Å². The number of nitrogens with zero attached hydrogens (tertiary/aromatic N) is 1. The first-order valence-electron chi connectivity index (χ1n) is 6.13. The lowest BCUT2D eigenvalue weighted by Gasteiger charge is -2.18. The molecule has 0 bridgehead atoms. The van der Waals surface area contributed by atoms with Gasteiger partial charge in [-0.25, -0.2) is 0 Å². The van der Waals surface area contributed by atoms with E-state index in [2.05, 4.69) is 52.8 Å². The Labute approximate surface area is 105 Å². The summed E-state index contributed by atoms with van der Waals surface area (Å²) in [5, 5.41) is 5.66. The minimum Gasteiger partial charge on any atom is -0.358 e. The van der Waals surface area contributed by atoms with Gasteiger partial charge < -0.3 is 5.32 Å². The fourth-order valence-corrected chi connectivity index (χ4v) is 2.68. The molecule has 2 nitrogen and oxygen atoms in total. The van der Waals surface area contributed by atoms with Crippen molar-refractivity contribution in [2.75, 3.05) is 5.32 Å². The van der Waals surface area contributed by atoms with Gasteiger partial charge in [-0.3, -0.25) is 4.99 Å². The molecule has 2 aliphatic rings. The van der Waals surface area contributed by atoms with Crippen LogP contribution in [0.25, 0.3) is 6.08 Å². The highest BCUT2D eigenvalue weighted by Gasteiger charge is 2.14. The summed E-state index contributed by atoms with van der Waals surface area (Å²) in [6, 6.07) is 12.8. The van der Waals surface area contributed by atoms with E-state index in [0.717, 1.165) is 17.5 Å². The van der Waals surface area contributed by atoms with Gasteiger partial charge in [0.05, 0.1) is 11.0 Å². The fraction of sp³-hybridized carbons (Fsp3) is 0.0625. The average Bonchev–Trinajstić information content (AvgIpc) is 2.45. The van der Waals surface area contributed by atoms with Crippen molar-refractivity contribution in [2.24, 2.45) is 4.99 Å². The normalized spacial score (nSPS) is 14.4. The molecule has 0 unspecified atom stereocenters. The average molecular weight is 232 g/mol. The van der Waals surface area contributed by atoms with Crippen LogP contribution in [0.2, 0.25) is 0 Å². The molecule has 4 rings (SSSR count). The molecule has 0 amide bonds. The van der Waals surface area contributed by atoms with Crippen LogP contribution in [0.15, 0.2) is 53.8 Å². The summed E-state index contributed by atoms with van der Waals surface area (Å²) < 4.78 is 0. The smallest absolute Gasteiger partial charge is 0.0868 e. The molecule has 1 N–H and O–H groups in total. The lowest BCUT2D eigenvalue weighted by Crippen LogP contribution is -2.24. The number of anilines is 1. The van der Waals surface area contributed by atoms with Gasteiger partial charge in [0.2, 0.25) is 0 Å². The summed E-state index contributed by atoms with van der Waals surface area (Å²) in [6.07, 6.45) is 6.92. The lowest BCUT2D eigenvalue weighted by atomic mass is 9.91. The van der Waals surface area contributed by atoms with E-state index in [0.29, 0.717) is 0 Å². The topological polar surface area (TPSA) is 24.4 Å². The maximum Gasteiger partial charge on any atom is 0.0868 e. The quantitative estimate of drug-likeness (QED) is 0.629. The van der Waals surface area contributed by atoms with Crippen molar-refractivity contribution in [1.29, 1.82) is 0 Å². The number of rotatable bonds is 0. The second-order valence-corrected chi connectivity index (χ2v) is 4.64. The number of hydrogen-bond donors (Lipinski definition) is 1. The van der Waals surface area contributed by atoms with E-state index in [4.69, 9.17) is 0 Å². The van der Waals surface area contributed by atoms with E-state index in [9.17, 15) is 0 Å². The van der Waals surface area contributed by atoms with Crippen LogP contribution < -0.4 is 15.9 Å². The van der Waals surface area contributed by atoms with Crippen LogP contribution in [0.4, 0.5) is 5.69 Å². The van der Waals surface area contributed by atoms with Crippen LogP contribution in [0.3, 0.4) is 0 Å². The maximum absolute atomic E-state index is 4.40. The molecular formula is C16H12N2. The van der Waals surface area contributed by atoms with E-state index >= 15 is 0 Å². The van der Waals surface area contributed by atoms with Crippen molar-refractivity contribution in [1.82, 2.24) is 0 Å². The second kappa shape index (κ2) is 3.57. The first kappa shape index (κ1) is 9.66. The standard InChI is InChI=1S/C16H12N2/c1-2-4-12-10-14-13(9-11(12)3-1)5-6-15-16(14)18-8-7-17-15/h1-9,18H,10H2. The van der Waals surface area contributed by atoms with E-state index in [1.54, 1.807) is 6.20 Å². The molecule has 18 heavy (non-hydrogen) atoms. The molecule has 86 valence electrons. The first-order valence-corrected chi connectivity index (χ1v) is 6.13. The van der Waals surface area contributed by atoms with Gasteiger partial charge in [0.25, 0.3) is 0 Å². The summed E-state index contributed by atoms with van der Waals surface area (Å²) in [7, 11) is 0. The molecule has 2 heteroatoms. The van der Waals surface area contributed by atoms with Gasteiger partial charge in [-0.2, -0.15) is 0 Å². The zero-order chi connectivity index (χ0) is 11.9. The lowest BCUT2D eigenvalue weighted by molar-refractivity contribution is 1.12. The minimum absolute atomic E-state index is 0.974. The highest BCUT2D eigenvalue weighted by molar-refractivity contribution is 5.66. The Bertz CT molecular complexity index is 785. The Morgan fingerprint density at radius 3 is 3.00 bits per heavy atom. The minimum atomic E-state index is 0.974. The van der Waals surface area contributed by atoms with Crippen LogP contribution in [0.5, 0.6) is 0 Å². The zero-order valence-corrected chi connectivity index (χ0v) is 9.85. The monoisotopic (exact) mass is 232 g/mol. The van der Waals surface area contributed by atoms with Gasteiger partial charge in [0.1, 0.15) is 0 Å². The maximum atomic E-state index is 4.40. The third-order valence-corrected chi connectivity index (χ3v) is 3.58. The Hall–Kier alpha value is -2.35. The molecule has 0 aromatic heterocycles. The number of hydrogen-bond acceptors (Lipinski definition) is 2. The summed E-state index contributed by atoms with van der Waals surface area (Å²) in [6.45, 7) is 0. The highest BCUT2D eigenvalue weighted by Crippen LogP contribution is 2.21. The fourth-order valence-electron chi connectivity index (χ4n) is 2.68. The molecule has 2 aromatic rings. The SMILES string of the molecule is C1=CNc2c3c(ccc2=N1)=Cc1ccccc1C3. The van der Waals surface area contributed by atoms with Crippen molar-refractivity contribution in [3.63, 3.8) is 0 Å². The number of nitrogens with one attached hydrogen (secondary N) is 1. The second-order valence-electron chi connectivity index (χ2n) is 4.64. The van der Waals surface area contributed by atoms with Crippen LogP contribution >= 0.6 is 0 Å². The van der Waals surface area contributed by atoms with Gasteiger partial charge in [0, 0.05) is 18.8 Å². The molecule has 0 radical (unpaired) electrons. The predicted octanol–water partition coefficient (Wildman–Crippen LogP) is 1.94. The highest BCUT2D eigenvalue weighted by atomic mass is 14.9. The van der Waals surface area contributed by atoms with Gasteiger partial charge in [-0.1, -0.05) is 30.3 Å². The van der Waals surface area contributed by atoms with Gasteiger partial charge in [-0.05, 0) is 34.1 Å². The molecule has 0 spiro atoms. The number of benzene rings is 2. The van der Waals surface area contributed by atoms with Crippen molar-refractivity contribution in [3.05, 3.63) is 76.1 Å². The van der Waals surface area contributed by atoms with Crippen molar-refractivity contribution < 1.29 is 0 Å². The Morgan fingerprint density at radius 2 is 2.00 bits per heavy atom. The first-order chi connectivity index (χ1) is 8.92. The van der Waals surface area contributed by atoms with Crippen LogP contribution in [0.1, 0.15) is 16.7 Å². The summed E-state index contributed by atoms with van der Waals surface area (Å²) in [4.78, 5) is 4.40.